The van der Waals surface area contributed by atoms with Gasteiger partial charge in [-0.05, 0) is 77.7 Å². The van der Waals surface area contributed by atoms with E-state index in [-0.39, 0.29) is 30.9 Å². The van der Waals surface area contributed by atoms with Gasteiger partial charge in [0.25, 0.3) is 5.91 Å². The molecule has 5 rings (SSSR count). The Bertz CT molecular complexity index is 1330. The smallest absolute Gasteiger partial charge is 0.264 e. The summed E-state index contributed by atoms with van der Waals surface area (Å²) in [6.07, 6.45) is 2.35. The zero-order valence-electron chi connectivity index (χ0n) is 19.7. The molecule has 4 aromatic rings. The molecule has 186 valence electrons. The van der Waals surface area contributed by atoms with E-state index in [2.05, 4.69) is 11.4 Å². The summed E-state index contributed by atoms with van der Waals surface area (Å²) in [4.78, 5) is 32.2. The van der Waals surface area contributed by atoms with Gasteiger partial charge in [0.05, 0.1) is 23.7 Å². The minimum Gasteiger partial charge on any atom is -0.491 e. The predicted molar refractivity (Wildman–Crippen MR) is 142 cm³/mol. The first-order valence-electron chi connectivity index (χ1n) is 11.6. The van der Waals surface area contributed by atoms with Crippen LogP contribution in [0.25, 0.3) is 0 Å². The van der Waals surface area contributed by atoms with Crippen molar-refractivity contribution in [2.45, 2.75) is 25.9 Å². The summed E-state index contributed by atoms with van der Waals surface area (Å²) >= 11 is 9.23. The molecular formula is C27H25ClN2O4S2. The van der Waals surface area contributed by atoms with Crippen LogP contribution in [0.2, 0.25) is 5.02 Å². The van der Waals surface area contributed by atoms with Crippen LogP contribution in [0.5, 0.6) is 5.75 Å². The molecule has 0 saturated heterocycles. The first kappa shape index (κ1) is 24.6. The Morgan fingerprint density at radius 3 is 2.81 bits per heavy atom. The van der Waals surface area contributed by atoms with Crippen LogP contribution in [0.1, 0.15) is 37.5 Å². The second-order valence-corrected chi connectivity index (χ2v) is 10.9. The molecule has 9 heteroatoms. The Balaban J connectivity index is 1.36. The molecule has 0 spiro atoms. The number of ether oxygens (including phenoxy) is 1. The van der Waals surface area contributed by atoms with Crippen LogP contribution in [0.4, 0.5) is 0 Å². The molecule has 3 aromatic heterocycles. The number of thiophene rings is 2. The number of rotatable bonds is 8. The summed E-state index contributed by atoms with van der Waals surface area (Å²) in [6.45, 7) is 2.99. The standard InChI is InChI=1S/C27H25ClN2O4S2/c1-18-14-19(6-7-22(18)28)34-17-23-21-9-13-36-24(21)8-10-30(23)26(31)16-29(15-20-4-2-11-33-20)27(32)25-5-3-12-35-25/h2-7,9,11-14,23H,8,10,15-17H2,1H3. The molecular weight excluding hydrogens is 516 g/mol. The van der Waals surface area contributed by atoms with Gasteiger partial charge < -0.3 is 19.0 Å². The summed E-state index contributed by atoms with van der Waals surface area (Å²) in [6, 6.07) is 14.6. The number of halogens is 1. The second-order valence-electron chi connectivity index (χ2n) is 8.59. The molecule has 0 N–H and O–H groups in total. The van der Waals surface area contributed by atoms with E-state index in [9.17, 15) is 9.59 Å². The summed E-state index contributed by atoms with van der Waals surface area (Å²) in [5, 5.41) is 4.60. The molecule has 4 heterocycles. The Morgan fingerprint density at radius 2 is 2.06 bits per heavy atom. The fourth-order valence-corrected chi connectivity index (χ4v) is 6.09. The first-order chi connectivity index (χ1) is 17.5. The van der Waals surface area contributed by atoms with Crippen molar-refractivity contribution in [1.82, 2.24) is 9.80 Å². The molecule has 1 aromatic carbocycles. The molecule has 1 aliphatic heterocycles. The van der Waals surface area contributed by atoms with E-state index < -0.39 is 0 Å². The van der Waals surface area contributed by atoms with Crippen molar-refractivity contribution in [1.29, 1.82) is 0 Å². The molecule has 0 aliphatic carbocycles. The molecule has 1 aliphatic rings. The summed E-state index contributed by atoms with van der Waals surface area (Å²) in [5.74, 6) is 1.03. The SMILES string of the molecule is Cc1cc(OCC2c3ccsc3CCN2C(=O)CN(Cc2ccco2)C(=O)c2cccs2)ccc1Cl. The van der Waals surface area contributed by atoms with Crippen LogP contribution in [0.15, 0.2) is 70.0 Å². The third-order valence-corrected chi connectivity index (χ3v) is 8.50. The van der Waals surface area contributed by atoms with E-state index in [0.717, 1.165) is 17.5 Å². The van der Waals surface area contributed by atoms with Gasteiger partial charge in [-0.15, -0.1) is 22.7 Å². The van der Waals surface area contributed by atoms with Gasteiger partial charge in [0, 0.05) is 16.4 Å². The highest BCUT2D eigenvalue weighted by molar-refractivity contribution is 7.12. The van der Waals surface area contributed by atoms with Gasteiger partial charge in [-0.3, -0.25) is 9.59 Å². The number of aryl methyl sites for hydroxylation is 1. The molecule has 36 heavy (non-hydrogen) atoms. The van der Waals surface area contributed by atoms with Crippen LogP contribution >= 0.6 is 34.3 Å². The van der Waals surface area contributed by atoms with E-state index in [1.807, 2.05) is 47.5 Å². The fraction of sp³-hybridized carbons (Fsp3) is 0.259. The van der Waals surface area contributed by atoms with Crippen molar-refractivity contribution in [3.05, 3.63) is 97.2 Å². The maximum absolute atomic E-state index is 13.7. The van der Waals surface area contributed by atoms with E-state index in [4.69, 9.17) is 20.8 Å². The van der Waals surface area contributed by atoms with Crippen molar-refractivity contribution in [2.75, 3.05) is 19.7 Å². The quantitative estimate of drug-likeness (QED) is 0.266. The topological polar surface area (TPSA) is 63.0 Å². The van der Waals surface area contributed by atoms with Gasteiger partial charge in [0.15, 0.2) is 0 Å². The number of carbonyl (C=O) groups is 2. The number of hydrogen-bond donors (Lipinski definition) is 0. The van der Waals surface area contributed by atoms with Gasteiger partial charge in [-0.25, -0.2) is 0 Å². The summed E-state index contributed by atoms with van der Waals surface area (Å²) < 4.78 is 11.6. The molecule has 0 bridgehead atoms. The predicted octanol–water partition coefficient (Wildman–Crippen LogP) is 6.21. The Morgan fingerprint density at radius 1 is 1.17 bits per heavy atom. The molecule has 0 saturated carbocycles. The van der Waals surface area contributed by atoms with Crippen molar-refractivity contribution < 1.29 is 18.7 Å². The third kappa shape index (κ3) is 5.36. The lowest BCUT2D eigenvalue weighted by Gasteiger charge is -2.37. The fourth-order valence-electron chi connectivity index (χ4n) is 4.36. The van der Waals surface area contributed by atoms with E-state index in [1.54, 1.807) is 34.6 Å². The van der Waals surface area contributed by atoms with Crippen LogP contribution in [0.3, 0.4) is 0 Å². The lowest BCUT2D eigenvalue weighted by Crippen LogP contribution is -2.47. The number of furan rings is 1. The molecule has 1 atom stereocenters. The molecule has 0 radical (unpaired) electrons. The van der Waals surface area contributed by atoms with Gasteiger partial charge in [0.1, 0.15) is 24.7 Å². The zero-order chi connectivity index (χ0) is 25.1. The lowest BCUT2D eigenvalue weighted by atomic mass is 10.0. The largest absolute Gasteiger partial charge is 0.491 e. The van der Waals surface area contributed by atoms with Gasteiger partial charge in [-0.1, -0.05) is 17.7 Å². The minimum atomic E-state index is -0.245. The van der Waals surface area contributed by atoms with Crippen molar-refractivity contribution in [2.24, 2.45) is 0 Å². The molecule has 0 fully saturated rings. The average molecular weight is 541 g/mol. The van der Waals surface area contributed by atoms with E-state index >= 15 is 0 Å². The number of nitrogens with zero attached hydrogens (tertiary/aromatic N) is 2. The Hall–Kier alpha value is -3.07. The number of carbonyl (C=O) groups excluding carboxylic acids is 2. The molecule has 2 amide bonds. The first-order valence-corrected chi connectivity index (χ1v) is 13.7. The molecule has 6 nitrogen and oxygen atoms in total. The van der Waals surface area contributed by atoms with Crippen molar-refractivity contribution in [3.63, 3.8) is 0 Å². The second kappa shape index (κ2) is 10.9. The minimum absolute atomic E-state index is 0.0482. The van der Waals surface area contributed by atoms with Crippen molar-refractivity contribution >= 4 is 46.1 Å². The number of hydrogen-bond acceptors (Lipinski definition) is 6. The van der Waals surface area contributed by atoms with Crippen molar-refractivity contribution in [3.8, 4) is 5.75 Å². The van der Waals surface area contributed by atoms with E-state index in [0.29, 0.717) is 34.6 Å². The van der Waals surface area contributed by atoms with Gasteiger partial charge >= 0.3 is 0 Å². The third-order valence-electron chi connectivity index (χ3n) is 6.22. The highest BCUT2D eigenvalue weighted by Crippen LogP contribution is 2.34. The van der Waals surface area contributed by atoms with Gasteiger partial charge in [-0.2, -0.15) is 0 Å². The number of fused-ring (bicyclic) bond motifs is 1. The van der Waals surface area contributed by atoms with Crippen LogP contribution in [-0.4, -0.2) is 41.3 Å². The maximum atomic E-state index is 13.7. The van der Waals surface area contributed by atoms with Gasteiger partial charge in [0.2, 0.25) is 5.91 Å². The highest BCUT2D eigenvalue weighted by atomic mass is 35.5. The van der Waals surface area contributed by atoms with E-state index in [1.165, 1.54) is 16.2 Å². The highest BCUT2D eigenvalue weighted by Gasteiger charge is 2.34. The van der Waals surface area contributed by atoms with Crippen LogP contribution in [0, 0.1) is 6.92 Å². The summed E-state index contributed by atoms with van der Waals surface area (Å²) in [7, 11) is 0. The maximum Gasteiger partial charge on any atom is 0.264 e. The summed E-state index contributed by atoms with van der Waals surface area (Å²) in [5.41, 5.74) is 2.04. The normalized spacial score (nSPS) is 14.9. The Kier molecular flexibility index (Phi) is 7.46. The van der Waals surface area contributed by atoms with Crippen LogP contribution < -0.4 is 4.74 Å². The van der Waals surface area contributed by atoms with Crippen LogP contribution in [-0.2, 0) is 17.8 Å². The lowest BCUT2D eigenvalue weighted by molar-refractivity contribution is -0.135. The number of amides is 2. The zero-order valence-corrected chi connectivity index (χ0v) is 22.1. The molecule has 1 unspecified atom stereocenters. The number of benzene rings is 1. The monoisotopic (exact) mass is 540 g/mol. The Labute approximate surface area is 222 Å². The average Bonchev–Trinajstić information content (AvgIpc) is 3.66.